The fraction of sp³-hybridized carbons (Fsp3) is 0.0714. The lowest BCUT2D eigenvalue weighted by Crippen LogP contribution is -2.28. The van der Waals surface area contributed by atoms with E-state index in [0.717, 1.165) is 0 Å². The summed E-state index contributed by atoms with van der Waals surface area (Å²) in [7, 11) is 0. The summed E-state index contributed by atoms with van der Waals surface area (Å²) in [4.78, 5) is 11.7. The van der Waals surface area contributed by atoms with Gasteiger partial charge in [0.15, 0.2) is 0 Å². The van der Waals surface area contributed by atoms with Crippen molar-refractivity contribution in [3.05, 3.63) is 58.9 Å². The second kappa shape index (κ2) is 6.25. The molecule has 0 saturated carbocycles. The maximum atomic E-state index is 13.0. The number of benzene rings is 2. The van der Waals surface area contributed by atoms with Crippen LogP contribution in [0.2, 0.25) is 5.02 Å². The Hall–Kier alpha value is -2.27. The van der Waals surface area contributed by atoms with Crippen LogP contribution in [0.4, 0.5) is 14.9 Å². The van der Waals surface area contributed by atoms with Crippen LogP contribution in [0.5, 0.6) is 5.75 Å². The highest BCUT2D eigenvalue weighted by molar-refractivity contribution is 6.31. The van der Waals surface area contributed by atoms with Gasteiger partial charge in [-0.3, -0.25) is 0 Å². The average molecular weight is 295 g/mol. The standard InChI is InChI=1S/C14H12ClFN2O2/c15-10-4-5-13(19)12(7-10)18-14(20)17-8-9-2-1-3-11(16)6-9/h1-7,19H,8H2,(H2,17,18,20). The topological polar surface area (TPSA) is 61.4 Å². The van der Waals surface area contributed by atoms with Crippen LogP contribution in [0.25, 0.3) is 0 Å². The van der Waals surface area contributed by atoms with Gasteiger partial charge in [0.2, 0.25) is 0 Å². The second-order valence-corrected chi connectivity index (χ2v) is 4.54. The van der Waals surface area contributed by atoms with Crippen LogP contribution in [0.3, 0.4) is 0 Å². The zero-order valence-corrected chi connectivity index (χ0v) is 11.1. The fourth-order valence-electron chi connectivity index (χ4n) is 1.60. The molecule has 6 heteroatoms. The molecule has 0 aromatic heterocycles. The molecule has 20 heavy (non-hydrogen) atoms. The Kier molecular flexibility index (Phi) is 4.42. The molecule has 0 bridgehead atoms. The largest absolute Gasteiger partial charge is 0.506 e. The van der Waals surface area contributed by atoms with Gasteiger partial charge in [-0.25, -0.2) is 9.18 Å². The van der Waals surface area contributed by atoms with E-state index in [9.17, 15) is 14.3 Å². The summed E-state index contributed by atoms with van der Waals surface area (Å²) in [5.74, 6) is -0.451. The first kappa shape index (κ1) is 14.1. The first-order valence-electron chi connectivity index (χ1n) is 5.82. The van der Waals surface area contributed by atoms with Crippen molar-refractivity contribution in [3.8, 4) is 5.75 Å². The zero-order valence-electron chi connectivity index (χ0n) is 10.4. The molecule has 2 aromatic rings. The lowest BCUT2D eigenvalue weighted by Gasteiger charge is -2.09. The van der Waals surface area contributed by atoms with Gasteiger partial charge >= 0.3 is 6.03 Å². The van der Waals surface area contributed by atoms with Gasteiger partial charge in [0, 0.05) is 11.6 Å². The number of amides is 2. The highest BCUT2D eigenvalue weighted by Gasteiger charge is 2.06. The molecule has 0 fully saturated rings. The predicted molar refractivity (Wildman–Crippen MR) is 75.4 cm³/mol. The summed E-state index contributed by atoms with van der Waals surface area (Å²) in [6, 6.07) is 9.71. The van der Waals surface area contributed by atoms with Gasteiger partial charge in [0.25, 0.3) is 0 Å². The van der Waals surface area contributed by atoms with E-state index in [4.69, 9.17) is 11.6 Å². The van der Waals surface area contributed by atoms with Gasteiger partial charge in [-0.2, -0.15) is 0 Å². The van der Waals surface area contributed by atoms with Crippen LogP contribution in [0.15, 0.2) is 42.5 Å². The average Bonchev–Trinajstić information content (AvgIpc) is 2.41. The van der Waals surface area contributed by atoms with Crippen molar-refractivity contribution < 1.29 is 14.3 Å². The minimum atomic E-state index is -0.521. The molecule has 0 spiro atoms. The third kappa shape index (κ3) is 3.86. The number of anilines is 1. The van der Waals surface area contributed by atoms with E-state index < -0.39 is 6.03 Å². The molecule has 0 aliphatic rings. The van der Waals surface area contributed by atoms with Crippen LogP contribution >= 0.6 is 11.6 Å². The Labute approximate surface area is 120 Å². The molecule has 2 aromatic carbocycles. The number of nitrogens with one attached hydrogen (secondary N) is 2. The van der Waals surface area contributed by atoms with Crippen molar-refractivity contribution in [2.75, 3.05) is 5.32 Å². The van der Waals surface area contributed by atoms with Gasteiger partial charge in [-0.05, 0) is 35.9 Å². The number of phenolic OH excluding ortho intramolecular Hbond substituents is 1. The third-order valence-electron chi connectivity index (χ3n) is 2.55. The van der Waals surface area contributed by atoms with Gasteiger partial charge in [0.1, 0.15) is 11.6 Å². The van der Waals surface area contributed by atoms with E-state index in [1.807, 2.05) is 0 Å². The van der Waals surface area contributed by atoms with E-state index in [-0.39, 0.29) is 23.8 Å². The molecule has 2 rings (SSSR count). The van der Waals surface area contributed by atoms with E-state index >= 15 is 0 Å². The third-order valence-corrected chi connectivity index (χ3v) is 2.78. The summed E-state index contributed by atoms with van der Waals surface area (Å²) in [5, 5.41) is 15.0. The van der Waals surface area contributed by atoms with Crippen LogP contribution in [0.1, 0.15) is 5.56 Å². The Morgan fingerprint density at radius 1 is 1.25 bits per heavy atom. The first-order chi connectivity index (χ1) is 9.54. The Morgan fingerprint density at radius 2 is 2.05 bits per heavy atom. The maximum Gasteiger partial charge on any atom is 0.319 e. The predicted octanol–water partition coefficient (Wildman–Crippen LogP) is 3.51. The van der Waals surface area contributed by atoms with E-state index in [1.165, 1.54) is 30.3 Å². The minimum absolute atomic E-state index is 0.0877. The van der Waals surface area contributed by atoms with Crippen molar-refractivity contribution in [2.45, 2.75) is 6.54 Å². The van der Waals surface area contributed by atoms with Crippen molar-refractivity contribution in [1.29, 1.82) is 0 Å². The summed E-state index contributed by atoms with van der Waals surface area (Å²) in [5.41, 5.74) is 0.838. The number of hydrogen-bond donors (Lipinski definition) is 3. The molecule has 0 aliphatic carbocycles. The molecule has 104 valence electrons. The molecule has 4 nitrogen and oxygen atoms in total. The number of phenols is 1. The molecule has 2 amide bonds. The van der Waals surface area contributed by atoms with Crippen LogP contribution in [-0.4, -0.2) is 11.1 Å². The smallest absolute Gasteiger partial charge is 0.319 e. The number of urea groups is 1. The number of carbonyl (C=O) groups is 1. The minimum Gasteiger partial charge on any atom is -0.506 e. The number of rotatable bonds is 3. The SMILES string of the molecule is O=C(NCc1cccc(F)c1)Nc1cc(Cl)ccc1O. The van der Waals surface area contributed by atoms with Crippen molar-refractivity contribution >= 4 is 23.3 Å². The van der Waals surface area contributed by atoms with Gasteiger partial charge < -0.3 is 15.7 Å². The van der Waals surface area contributed by atoms with Crippen LogP contribution in [-0.2, 0) is 6.54 Å². The highest BCUT2D eigenvalue weighted by Crippen LogP contribution is 2.26. The fourth-order valence-corrected chi connectivity index (χ4v) is 1.78. The molecular weight excluding hydrogens is 283 g/mol. The molecule has 0 saturated heterocycles. The molecule has 0 atom stereocenters. The number of hydrogen-bond acceptors (Lipinski definition) is 2. The van der Waals surface area contributed by atoms with Crippen LogP contribution < -0.4 is 10.6 Å². The molecule has 0 heterocycles. The Balaban J connectivity index is 1.94. The Bertz CT molecular complexity index is 634. The van der Waals surface area contributed by atoms with Crippen molar-refractivity contribution in [1.82, 2.24) is 5.32 Å². The normalized spacial score (nSPS) is 10.1. The lowest BCUT2D eigenvalue weighted by molar-refractivity contribution is 0.251. The number of aromatic hydroxyl groups is 1. The monoisotopic (exact) mass is 294 g/mol. The quantitative estimate of drug-likeness (QED) is 0.759. The number of carbonyl (C=O) groups excluding carboxylic acids is 1. The summed E-state index contributed by atoms with van der Waals surface area (Å²) in [6.07, 6.45) is 0. The first-order valence-corrected chi connectivity index (χ1v) is 6.20. The zero-order chi connectivity index (χ0) is 14.5. The Morgan fingerprint density at radius 3 is 2.80 bits per heavy atom. The van der Waals surface area contributed by atoms with Gasteiger partial charge in [0.05, 0.1) is 5.69 Å². The van der Waals surface area contributed by atoms with Crippen molar-refractivity contribution in [3.63, 3.8) is 0 Å². The van der Waals surface area contributed by atoms with E-state index in [1.54, 1.807) is 12.1 Å². The molecule has 3 N–H and O–H groups in total. The summed E-state index contributed by atoms with van der Waals surface area (Å²) >= 11 is 5.77. The molecular formula is C14H12ClFN2O2. The maximum absolute atomic E-state index is 13.0. The highest BCUT2D eigenvalue weighted by atomic mass is 35.5. The summed E-state index contributed by atoms with van der Waals surface area (Å²) < 4.78 is 13.0. The molecule has 0 aliphatic heterocycles. The van der Waals surface area contributed by atoms with E-state index in [2.05, 4.69) is 10.6 Å². The summed E-state index contributed by atoms with van der Waals surface area (Å²) in [6.45, 7) is 0.172. The second-order valence-electron chi connectivity index (χ2n) is 4.10. The lowest BCUT2D eigenvalue weighted by atomic mass is 10.2. The van der Waals surface area contributed by atoms with Gasteiger partial charge in [-0.15, -0.1) is 0 Å². The number of halogens is 2. The van der Waals surface area contributed by atoms with Crippen molar-refractivity contribution in [2.24, 2.45) is 0 Å². The molecule has 0 unspecified atom stereocenters. The van der Waals surface area contributed by atoms with Crippen LogP contribution in [0, 0.1) is 5.82 Å². The van der Waals surface area contributed by atoms with E-state index in [0.29, 0.717) is 10.6 Å². The molecule has 0 radical (unpaired) electrons. The van der Waals surface area contributed by atoms with Gasteiger partial charge in [-0.1, -0.05) is 23.7 Å².